The number of primary sulfonamides is 1. The van der Waals surface area contributed by atoms with E-state index in [4.69, 9.17) is 16.6 Å². The standard InChI is InChI=1S/C17H16F2O2.C15H13F2NO2.C15H14F2O3S.C14H13F2NO3S.C14H12FNO/c1-3-15(20)13-6-4-5-12(10-13)14-9-11(2)7-8-16(14)21-17(18)19;1-9-5-6-13(20-15(16)17)12(7-9)10-3-2-4-11(8-10)14(18)19;1-10-6-7-14(20-15(16)17)13(8-10)11-4-3-5-12(9-11)21(2,18)19;1-9-5-6-13(20-14(15)16)12(7-9)10-3-2-4-11(8-10)21(17,18)19;1-9-5-12(8-13(15)6-9)10-3-2-4-11(7-10)14(16)17/h4-10,17H,3H2,1-2H3;2-8,15H,1H3,(H2,18,19);3-9,15H,1-2H3;2-8,14H,1H3,(H2,17,18,19);2-8H,1H3,(H2,16,17). The first-order valence-corrected chi connectivity index (χ1v) is 33.4. The van der Waals surface area contributed by atoms with Gasteiger partial charge in [-0.3, -0.25) is 14.4 Å². The molecule has 0 saturated heterocycles. The third-order valence-electron chi connectivity index (χ3n) is 14.2. The molecule has 10 rings (SSSR count). The fourth-order valence-electron chi connectivity index (χ4n) is 9.67. The molecule has 0 aliphatic carbocycles. The molecule has 0 radical (unpaired) electrons. The van der Waals surface area contributed by atoms with Gasteiger partial charge in [0, 0.05) is 51.6 Å². The van der Waals surface area contributed by atoms with Crippen LogP contribution in [0.1, 0.15) is 72.2 Å². The van der Waals surface area contributed by atoms with Crippen LogP contribution in [0, 0.1) is 40.4 Å². The highest BCUT2D eigenvalue weighted by molar-refractivity contribution is 7.90. The molecular weight excluding hydrogens is 1350 g/mol. The average Bonchev–Trinajstić information content (AvgIpc) is 0.833. The Morgan fingerprint density at radius 3 is 1.01 bits per heavy atom. The van der Waals surface area contributed by atoms with E-state index in [1.165, 1.54) is 66.7 Å². The first kappa shape index (κ1) is 78.2. The van der Waals surface area contributed by atoms with Crippen molar-refractivity contribution in [3.05, 3.63) is 263 Å². The Morgan fingerprint density at radius 1 is 0.370 bits per heavy atom. The van der Waals surface area contributed by atoms with Crippen LogP contribution in [0.15, 0.2) is 222 Å². The van der Waals surface area contributed by atoms with Gasteiger partial charge in [-0.1, -0.05) is 126 Å². The van der Waals surface area contributed by atoms with Gasteiger partial charge in [0.25, 0.3) is 0 Å². The third-order valence-corrected chi connectivity index (χ3v) is 16.3. The SMILES string of the molecule is CCC(=O)c1cccc(-c2cc(C)ccc2OC(F)F)c1.Cc1cc(F)cc(-c2cccc(C(N)=O)c2)c1.Cc1ccc(OC(F)F)c(-c2cccc(C(N)=O)c2)c1.Cc1ccc(OC(F)F)c(-c2cccc(S(C)(=O)=O)c2)c1.Cc1ccc(OC(F)F)c(-c2cccc(S(N)(=O)=O)c2)c1. The molecule has 14 nitrogen and oxygen atoms in total. The minimum Gasteiger partial charge on any atom is -0.434 e. The van der Waals surface area contributed by atoms with Crippen molar-refractivity contribution in [2.75, 3.05) is 6.26 Å². The Morgan fingerprint density at radius 2 is 0.680 bits per heavy atom. The smallest absolute Gasteiger partial charge is 0.387 e. The molecule has 0 aromatic heterocycles. The zero-order valence-electron chi connectivity index (χ0n) is 54.7. The van der Waals surface area contributed by atoms with Crippen LogP contribution < -0.4 is 35.6 Å². The predicted molar refractivity (Wildman–Crippen MR) is 366 cm³/mol. The van der Waals surface area contributed by atoms with E-state index in [9.17, 15) is 70.7 Å². The molecule has 524 valence electrons. The third kappa shape index (κ3) is 23.8. The summed E-state index contributed by atoms with van der Waals surface area (Å²) in [6.45, 7) is -0.767. The summed E-state index contributed by atoms with van der Waals surface area (Å²) >= 11 is 0. The van der Waals surface area contributed by atoms with Gasteiger partial charge in [-0.15, -0.1) is 0 Å². The summed E-state index contributed by atoms with van der Waals surface area (Å²) in [4.78, 5) is 34.1. The number of aryl methyl sites for hydroxylation is 5. The first-order chi connectivity index (χ1) is 47.1. The lowest BCUT2D eigenvalue weighted by Gasteiger charge is -2.12. The molecule has 0 saturated carbocycles. The van der Waals surface area contributed by atoms with Crippen molar-refractivity contribution >= 4 is 37.5 Å². The molecule has 0 fully saturated rings. The van der Waals surface area contributed by atoms with Crippen LogP contribution in [0.25, 0.3) is 55.6 Å². The van der Waals surface area contributed by atoms with Gasteiger partial charge in [0.1, 0.15) is 28.8 Å². The second kappa shape index (κ2) is 35.7. The molecular formula is C75H68F9N3O11S2. The van der Waals surface area contributed by atoms with Crippen LogP contribution in [-0.4, -0.2) is 67.1 Å². The van der Waals surface area contributed by atoms with Crippen LogP contribution in [0.2, 0.25) is 0 Å². The van der Waals surface area contributed by atoms with E-state index in [1.807, 2.05) is 39.8 Å². The number of ketones is 1. The van der Waals surface area contributed by atoms with Crippen LogP contribution >= 0.6 is 0 Å². The first-order valence-electron chi connectivity index (χ1n) is 30.0. The predicted octanol–water partition coefficient (Wildman–Crippen LogP) is 17.7. The van der Waals surface area contributed by atoms with E-state index in [0.29, 0.717) is 67.6 Å². The van der Waals surface area contributed by atoms with Crippen molar-refractivity contribution in [3.63, 3.8) is 0 Å². The number of carbonyl (C=O) groups excluding carboxylic acids is 3. The van der Waals surface area contributed by atoms with Crippen LogP contribution in [-0.2, 0) is 19.9 Å². The Labute approximate surface area is 572 Å². The second-order valence-electron chi connectivity index (χ2n) is 22.2. The van der Waals surface area contributed by atoms with Crippen molar-refractivity contribution in [1.82, 2.24) is 0 Å². The molecule has 0 spiro atoms. The van der Waals surface area contributed by atoms with Gasteiger partial charge < -0.3 is 30.4 Å². The number of rotatable bonds is 19. The molecule has 0 aliphatic heterocycles. The van der Waals surface area contributed by atoms with Crippen molar-refractivity contribution in [2.45, 2.75) is 84.2 Å². The molecule has 0 heterocycles. The number of benzene rings is 10. The maximum absolute atomic E-state index is 13.3. The van der Waals surface area contributed by atoms with E-state index in [-0.39, 0.29) is 44.4 Å². The number of nitrogens with two attached hydrogens (primary N) is 3. The molecule has 0 bridgehead atoms. The van der Waals surface area contributed by atoms with Crippen molar-refractivity contribution < 1.29 is 89.7 Å². The monoisotopic (exact) mass is 1420 g/mol. The fourth-order valence-corrected chi connectivity index (χ4v) is 10.9. The summed E-state index contributed by atoms with van der Waals surface area (Å²) in [5.41, 5.74) is 21.7. The quantitative estimate of drug-likeness (QED) is 0.0509. The molecule has 10 aromatic rings. The topological polar surface area (TPSA) is 234 Å². The largest absolute Gasteiger partial charge is 0.434 e. The van der Waals surface area contributed by atoms with Gasteiger partial charge in [-0.05, 0) is 189 Å². The van der Waals surface area contributed by atoms with Crippen LogP contribution in [0.3, 0.4) is 0 Å². The van der Waals surface area contributed by atoms with Gasteiger partial charge >= 0.3 is 26.4 Å². The molecule has 0 atom stereocenters. The lowest BCUT2D eigenvalue weighted by atomic mass is 9.98. The Bertz CT molecular complexity index is 4620. The summed E-state index contributed by atoms with van der Waals surface area (Å²) in [5, 5.41) is 5.07. The minimum atomic E-state index is -3.87. The number of amides is 2. The number of ether oxygens (including phenoxy) is 4. The van der Waals surface area contributed by atoms with E-state index >= 15 is 0 Å². The number of sulfonamides is 1. The fraction of sp³-hybridized carbons (Fsp3) is 0.160. The molecule has 0 unspecified atom stereocenters. The number of halogens is 9. The van der Waals surface area contributed by atoms with E-state index in [1.54, 1.807) is 147 Å². The van der Waals surface area contributed by atoms with Crippen molar-refractivity contribution in [1.29, 1.82) is 0 Å². The molecule has 6 N–H and O–H groups in total. The molecule has 0 aliphatic rings. The average molecular weight is 1420 g/mol. The number of carbonyl (C=O) groups is 3. The Hall–Kier alpha value is -10.8. The Kier molecular flexibility index (Phi) is 27.9. The number of Topliss-reactive ketones (excluding diaryl/α,β-unsaturated/α-hetero) is 1. The lowest BCUT2D eigenvalue weighted by molar-refractivity contribution is -0.0501. The van der Waals surface area contributed by atoms with Crippen LogP contribution in [0.5, 0.6) is 23.0 Å². The van der Waals surface area contributed by atoms with Gasteiger partial charge in [0.15, 0.2) is 15.6 Å². The zero-order valence-corrected chi connectivity index (χ0v) is 56.3. The number of hydrogen-bond acceptors (Lipinski definition) is 11. The van der Waals surface area contributed by atoms with E-state index < -0.39 is 58.1 Å². The normalized spacial score (nSPS) is 11.0. The molecule has 25 heteroatoms. The van der Waals surface area contributed by atoms with Gasteiger partial charge in [-0.25, -0.2) is 26.4 Å². The van der Waals surface area contributed by atoms with E-state index in [0.717, 1.165) is 45.2 Å². The van der Waals surface area contributed by atoms with Crippen molar-refractivity contribution in [2.24, 2.45) is 16.6 Å². The van der Waals surface area contributed by atoms with Crippen molar-refractivity contribution in [3.8, 4) is 78.6 Å². The maximum Gasteiger partial charge on any atom is 0.387 e. The lowest BCUT2D eigenvalue weighted by Crippen LogP contribution is -2.12. The summed E-state index contributed by atoms with van der Waals surface area (Å²) in [6, 6.07) is 56.3. The Balaban J connectivity index is 0.000000197. The highest BCUT2D eigenvalue weighted by atomic mass is 32.2. The van der Waals surface area contributed by atoms with E-state index in [2.05, 4.69) is 18.9 Å². The molecule has 2 amide bonds. The van der Waals surface area contributed by atoms with Gasteiger partial charge in [0.05, 0.1) is 9.79 Å². The molecule has 100 heavy (non-hydrogen) atoms. The summed E-state index contributed by atoms with van der Waals surface area (Å²) in [6.07, 6.45) is 1.50. The zero-order chi connectivity index (χ0) is 73.8. The summed E-state index contributed by atoms with van der Waals surface area (Å²) < 4.78 is 177. The van der Waals surface area contributed by atoms with Gasteiger partial charge in [0.2, 0.25) is 21.8 Å². The number of sulfone groups is 1. The highest BCUT2D eigenvalue weighted by Crippen LogP contribution is 2.37. The van der Waals surface area contributed by atoms with Crippen LogP contribution in [0.4, 0.5) is 39.5 Å². The highest BCUT2D eigenvalue weighted by Gasteiger charge is 2.19. The summed E-state index contributed by atoms with van der Waals surface area (Å²) in [5.74, 6) is -1.17. The van der Waals surface area contributed by atoms with Gasteiger partial charge in [-0.2, -0.15) is 35.1 Å². The number of hydrogen-bond donors (Lipinski definition) is 3. The molecule has 10 aromatic carbocycles. The number of alkyl halides is 8. The second-order valence-corrected chi connectivity index (χ2v) is 25.7. The maximum atomic E-state index is 13.3. The minimum absolute atomic E-state index is 0.0147. The number of primary amides is 2. The summed E-state index contributed by atoms with van der Waals surface area (Å²) in [7, 11) is -7.24.